The Labute approximate surface area is 89.7 Å². The predicted octanol–water partition coefficient (Wildman–Crippen LogP) is -1.95. The van der Waals surface area contributed by atoms with E-state index in [1.807, 2.05) is 0 Å². The first-order valence-electron chi connectivity index (χ1n) is 4.41. The van der Waals surface area contributed by atoms with Gasteiger partial charge in [-0.2, -0.15) is 0 Å². The largest absolute Gasteiger partial charge is 0.480 e. The van der Waals surface area contributed by atoms with Crippen LogP contribution in [0.4, 0.5) is 0 Å². The number of nitrogens with zero attached hydrogens (tertiary/aromatic N) is 1. The summed E-state index contributed by atoms with van der Waals surface area (Å²) in [5, 5.41) is 35.2. The molecule has 0 aromatic heterocycles. The highest BCUT2D eigenvalue weighted by atomic mass is 16.4. The van der Waals surface area contributed by atoms with E-state index in [0.717, 1.165) is 4.90 Å². The monoisotopic (exact) mass is 233 g/mol. The van der Waals surface area contributed by atoms with Gasteiger partial charge in [0.2, 0.25) is 0 Å². The van der Waals surface area contributed by atoms with Crippen molar-refractivity contribution in [2.75, 3.05) is 13.1 Å². The molecule has 1 fully saturated rings. The maximum Gasteiger partial charge on any atom is 0.326 e. The molecule has 8 nitrogen and oxygen atoms in total. The molecule has 0 heterocycles. The molecule has 0 saturated heterocycles. The molecule has 0 spiro atoms. The second-order valence-corrected chi connectivity index (χ2v) is 3.59. The number of aliphatic hydroxyl groups is 1. The number of hydrogen-bond acceptors (Lipinski definition) is 5. The van der Waals surface area contributed by atoms with Crippen LogP contribution < -0.4 is 0 Å². The number of carboxylic acids is 3. The van der Waals surface area contributed by atoms with Crippen LogP contribution in [0.15, 0.2) is 0 Å². The van der Waals surface area contributed by atoms with Gasteiger partial charge >= 0.3 is 17.9 Å². The first kappa shape index (κ1) is 12.4. The standard InChI is InChI=1S/C8H11NO7/c10-4-1-8(4,7(15)16)9(2-5(11)12)3-6(13)14/h4,10H,1-3H2,(H,11,12)(H,13,14)(H,15,16). The second kappa shape index (κ2) is 4.06. The summed E-state index contributed by atoms with van der Waals surface area (Å²) in [7, 11) is 0. The van der Waals surface area contributed by atoms with Crippen molar-refractivity contribution in [3.8, 4) is 0 Å². The topological polar surface area (TPSA) is 135 Å². The van der Waals surface area contributed by atoms with Gasteiger partial charge in [-0.25, -0.2) is 0 Å². The van der Waals surface area contributed by atoms with E-state index >= 15 is 0 Å². The Hall–Kier alpha value is -1.67. The zero-order chi connectivity index (χ0) is 12.5. The van der Waals surface area contributed by atoms with E-state index in [2.05, 4.69) is 0 Å². The van der Waals surface area contributed by atoms with E-state index in [0.29, 0.717) is 0 Å². The van der Waals surface area contributed by atoms with Crippen molar-refractivity contribution in [3.05, 3.63) is 0 Å². The summed E-state index contributed by atoms with van der Waals surface area (Å²) >= 11 is 0. The van der Waals surface area contributed by atoms with Gasteiger partial charge in [0.1, 0.15) is 5.54 Å². The third-order valence-electron chi connectivity index (χ3n) is 2.48. The Morgan fingerprint density at radius 2 is 1.50 bits per heavy atom. The summed E-state index contributed by atoms with van der Waals surface area (Å²) in [6, 6.07) is 0. The number of aliphatic hydroxyl groups excluding tert-OH is 1. The molecule has 8 heteroatoms. The molecule has 0 radical (unpaired) electrons. The first-order chi connectivity index (χ1) is 7.30. The molecular formula is C8H11NO7. The zero-order valence-corrected chi connectivity index (χ0v) is 8.16. The molecule has 2 unspecified atom stereocenters. The third-order valence-corrected chi connectivity index (χ3v) is 2.48. The van der Waals surface area contributed by atoms with Crippen molar-refractivity contribution in [1.29, 1.82) is 0 Å². The lowest BCUT2D eigenvalue weighted by Crippen LogP contribution is -2.50. The first-order valence-corrected chi connectivity index (χ1v) is 4.41. The Morgan fingerprint density at radius 1 is 1.12 bits per heavy atom. The van der Waals surface area contributed by atoms with Crippen molar-refractivity contribution in [3.63, 3.8) is 0 Å². The lowest BCUT2D eigenvalue weighted by Gasteiger charge is -2.25. The Bertz CT molecular complexity index is 325. The van der Waals surface area contributed by atoms with Crippen LogP contribution in [0.25, 0.3) is 0 Å². The average Bonchev–Trinajstić information content (AvgIpc) is 2.75. The van der Waals surface area contributed by atoms with E-state index in [9.17, 15) is 19.5 Å². The highest BCUT2D eigenvalue weighted by Gasteiger charge is 2.64. The minimum Gasteiger partial charge on any atom is -0.480 e. The van der Waals surface area contributed by atoms with Gasteiger partial charge in [0.05, 0.1) is 19.2 Å². The number of carboxylic acid groups (broad SMARTS) is 3. The summed E-state index contributed by atoms with van der Waals surface area (Å²) in [5.74, 6) is -4.11. The van der Waals surface area contributed by atoms with Gasteiger partial charge in [-0.15, -0.1) is 0 Å². The van der Waals surface area contributed by atoms with E-state index in [4.69, 9.17) is 15.3 Å². The van der Waals surface area contributed by atoms with E-state index in [-0.39, 0.29) is 6.42 Å². The normalized spacial score (nSPS) is 27.8. The van der Waals surface area contributed by atoms with E-state index in [1.54, 1.807) is 0 Å². The van der Waals surface area contributed by atoms with Crippen molar-refractivity contribution in [2.45, 2.75) is 18.1 Å². The molecule has 4 N–H and O–H groups in total. The van der Waals surface area contributed by atoms with Gasteiger partial charge < -0.3 is 20.4 Å². The molecule has 1 aliphatic carbocycles. The molecule has 1 saturated carbocycles. The van der Waals surface area contributed by atoms with Crippen molar-refractivity contribution in [2.24, 2.45) is 0 Å². The van der Waals surface area contributed by atoms with Crippen LogP contribution in [0.2, 0.25) is 0 Å². The maximum absolute atomic E-state index is 10.9. The molecule has 1 rings (SSSR count). The molecular weight excluding hydrogens is 222 g/mol. The van der Waals surface area contributed by atoms with Crippen LogP contribution >= 0.6 is 0 Å². The summed E-state index contributed by atoms with van der Waals surface area (Å²) in [5.41, 5.74) is -1.77. The summed E-state index contributed by atoms with van der Waals surface area (Å²) < 4.78 is 0. The average molecular weight is 233 g/mol. The fraction of sp³-hybridized carbons (Fsp3) is 0.625. The van der Waals surface area contributed by atoms with Crippen molar-refractivity contribution in [1.82, 2.24) is 4.90 Å². The van der Waals surface area contributed by atoms with Crippen LogP contribution in [-0.4, -0.2) is 68.0 Å². The SMILES string of the molecule is O=C(O)CN(CC(=O)O)C1(C(=O)O)CC1O. The molecule has 0 bridgehead atoms. The van der Waals surface area contributed by atoms with Gasteiger partial charge in [-0.1, -0.05) is 0 Å². The highest BCUT2D eigenvalue weighted by Crippen LogP contribution is 2.42. The smallest absolute Gasteiger partial charge is 0.326 e. The number of hydrogen-bond donors (Lipinski definition) is 4. The van der Waals surface area contributed by atoms with Crippen molar-refractivity contribution >= 4 is 17.9 Å². The maximum atomic E-state index is 10.9. The molecule has 2 atom stereocenters. The molecule has 0 aromatic rings. The predicted molar refractivity (Wildman–Crippen MR) is 47.8 cm³/mol. The minimum atomic E-state index is -1.77. The molecule has 16 heavy (non-hydrogen) atoms. The lowest BCUT2D eigenvalue weighted by atomic mass is 10.2. The van der Waals surface area contributed by atoms with Gasteiger partial charge in [0.25, 0.3) is 0 Å². The zero-order valence-electron chi connectivity index (χ0n) is 8.16. The Morgan fingerprint density at radius 3 is 1.69 bits per heavy atom. The fourth-order valence-electron chi connectivity index (χ4n) is 1.61. The van der Waals surface area contributed by atoms with Gasteiger partial charge in [-0.3, -0.25) is 19.3 Å². The number of aliphatic carboxylic acids is 3. The van der Waals surface area contributed by atoms with Crippen LogP contribution in [0, 0.1) is 0 Å². The van der Waals surface area contributed by atoms with Crippen molar-refractivity contribution < 1.29 is 34.8 Å². The molecule has 0 aromatic carbocycles. The Kier molecular flexibility index (Phi) is 3.15. The van der Waals surface area contributed by atoms with Crippen LogP contribution in [-0.2, 0) is 14.4 Å². The fourth-order valence-corrected chi connectivity index (χ4v) is 1.61. The number of rotatable bonds is 6. The van der Waals surface area contributed by atoms with E-state index < -0.39 is 42.6 Å². The number of carbonyl (C=O) groups is 3. The molecule has 0 aliphatic heterocycles. The van der Waals surface area contributed by atoms with E-state index in [1.165, 1.54) is 0 Å². The third kappa shape index (κ3) is 2.12. The van der Waals surface area contributed by atoms with Crippen LogP contribution in [0.3, 0.4) is 0 Å². The van der Waals surface area contributed by atoms with Gasteiger partial charge in [0.15, 0.2) is 0 Å². The van der Waals surface area contributed by atoms with Gasteiger partial charge in [-0.05, 0) is 0 Å². The van der Waals surface area contributed by atoms with Crippen LogP contribution in [0.5, 0.6) is 0 Å². The Balaban J connectivity index is 2.87. The quantitative estimate of drug-likeness (QED) is 0.415. The summed E-state index contributed by atoms with van der Waals surface area (Å²) in [6.45, 7) is -1.48. The lowest BCUT2D eigenvalue weighted by molar-refractivity contribution is -0.152. The summed E-state index contributed by atoms with van der Waals surface area (Å²) in [6.07, 6.45) is -1.40. The molecule has 1 aliphatic rings. The minimum absolute atomic E-state index is 0.164. The second-order valence-electron chi connectivity index (χ2n) is 3.59. The molecule has 0 amide bonds. The van der Waals surface area contributed by atoms with Gasteiger partial charge in [0, 0.05) is 6.42 Å². The van der Waals surface area contributed by atoms with Crippen LogP contribution in [0.1, 0.15) is 6.42 Å². The summed E-state index contributed by atoms with van der Waals surface area (Å²) in [4.78, 5) is 32.6. The highest BCUT2D eigenvalue weighted by molar-refractivity contribution is 5.86. The molecule has 90 valence electrons.